The molecule has 2 heterocycles. The number of aromatic nitrogens is 2. The minimum Gasteiger partial charge on any atom is -0.346 e. The second kappa shape index (κ2) is 5.11. The van der Waals surface area contributed by atoms with E-state index in [1.807, 2.05) is 12.3 Å². The molecule has 0 spiro atoms. The Morgan fingerprint density at radius 2 is 2.28 bits per heavy atom. The van der Waals surface area contributed by atoms with Crippen LogP contribution in [0.25, 0.3) is 11.0 Å². The van der Waals surface area contributed by atoms with Gasteiger partial charge in [-0.15, -0.1) is 0 Å². The molecule has 18 heavy (non-hydrogen) atoms. The van der Waals surface area contributed by atoms with Crippen molar-refractivity contribution in [1.29, 1.82) is 0 Å². The molecule has 0 aromatic carbocycles. The Balaban J connectivity index is 1.65. The number of pyridine rings is 1. The highest BCUT2D eigenvalue weighted by atomic mass is 14.9. The number of fused-ring (bicyclic) bond motifs is 1. The maximum atomic E-state index is 4.32. The lowest BCUT2D eigenvalue weighted by molar-refractivity contribution is 0.381. The lowest BCUT2D eigenvalue weighted by Gasteiger charge is -2.20. The lowest BCUT2D eigenvalue weighted by atomic mass is 9.99. The van der Waals surface area contributed by atoms with Crippen molar-refractivity contribution in [2.75, 3.05) is 0 Å². The topological polar surface area (TPSA) is 40.7 Å². The first-order chi connectivity index (χ1) is 8.84. The van der Waals surface area contributed by atoms with Crippen molar-refractivity contribution in [3.8, 4) is 0 Å². The van der Waals surface area contributed by atoms with E-state index in [0.717, 1.165) is 18.1 Å². The van der Waals surface area contributed by atoms with Gasteiger partial charge in [-0.2, -0.15) is 0 Å². The van der Waals surface area contributed by atoms with Crippen LogP contribution in [0.1, 0.15) is 38.2 Å². The third-order valence-electron chi connectivity index (χ3n) is 4.26. The summed E-state index contributed by atoms with van der Waals surface area (Å²) in [7, 11) is 0. The quantitative estimate of drug-likeness (QED) is 0.865. The Hall–Kier alpha value is -1.35. The largest absolute Gasteiger partial charge is 0.346 e. The van der Waals surface area contributed by atoms with Crippen LogP contribution >= 0.6 is 0 Å². The molecule has 0 bridgehead atoms. The van der Waals surface area contributed by atoms with Gasteiger partial charge in [-0.3, -0.25) is 0 Å². The summed E-state index contributed by atoms with van der Waals surface area (Å²) in [4.78, 5) is 7.55. The van der Waals surface area contributed by atoms with Crippen LogP contribution in [0.5, 0.6) is 0 Å². The summed E-state index contributed by atoms with van der Waals surface area (Å²) in [6.07, 6.45) is 9.51. The van der Waals surface area contributed by atoms with Gasteiger partial charge in [-0.25, -0.2) is 4.98 Å². The van der Waals surface area contributed by atoms with Crippen LogP contribution in [0, 0.1) is 5.92 Å². The van der Waals surface area contributed by atoms with Crippen molar-refractivity contribution in [3.63, 3.8) is 0 Å². The van der Waals surface area contributed by atoms with Gasteiger partial charge in [-0.1, -0.05) is 12.8 Å². The van der Waals surface area contributed by atoms with E-state index in [-0.39, 0.29) is 0 Å². The fourth-order valence-electron chi connectivity index (χ4n) is 3.05. The Kier molecular flexibility index (Phi) is 3.33. The van der Waals surface area contributed by atoms with E-state index in [1.165, 1.54) is 36.6 Å². The summed E-state index contributed by atoms with van der Waals surface area (Å²) in [5.74, 6) is 0.869. The lowest BCUT2D eigenvalue weighted by Crippen LogP contribution is -2.31. The van der Waals surface area contributed by atoms with E-state index >= 15 is 0 Å². The highest BCUT2D eigenvalue weighted by molar-refractivity contribution is 5.79. The summed E-state index contributed by atoms with van der Waals surface area (Å²) >= 11 is 0. The summed E-state index contributed by atoms with van der Waals surface area (Å²) < 4.78 is 0. The number of rotatable bonds is 4. The Bertz CT molecular complexity index is 511. The van der Waals surface area contributed by atoms with Gasteiger partial charge in [0.25, 0.3) is 0 Å². The minimum atomic E-state index is 0.620. The summed E-state index contributed by atoms with van der Waals surface area (Å²) in [5.41, 5.74) is 2.31. The highest BCUT2D eigenvalue weighted by Crippen LogP contribution is 2.27. The monoisotopic (exact) mass is 243 g/mol. The normalized spacial score (nSPS) is 18.5. The van der Waals surface area contributed by atoms with Gasteiger partial charge in [0.1, 0.15) is 5.65 Å². The van der Waals surface area contributed by atoms with E-state index in [1.54, 1.807) is 0 Å². The van der Waals surface area contributed by atoms with E-state index < -0.39 is 0 Å². The Morgan fingerprint density at radius 1 is 1.44 bits per heavy atom. The number of hydrogen-bond acceptors (Lipinski definition) is 2. The zero-order valence-electron chi connectivity index (χ0n) is 10.9. The first-order valence-electron chi connectivity index (χ1n) is 6.99. The van der Waals surface area contributed by atoms with Gasteiger partial charge in [0, 0.05) is 30.4 Å². The summed E-state index contributed by atoms with van der Waals surface area (Å²) in [6.45, 7) is 3.26. The molecule has 1 atom stereocenters. The molecule has 2 N–H and O–H groups in total. The van der Waals surface area contributed by atoms with Gasteiger partial charge < -0.3 is 10.3 Å². The highest BCUT2D eigenvalue weighted by Gasteiger charge is 2.21. The molecular weight excluding hydrogens is 222 g/mol. The van der Waals surface area contributed by atoms with Gasteiger partial charge in [-0.05, 0) is 43.4 Å². The summed E-state index contributed by atoms with van der Waals surface area (Å²) in [6, 6.07) is 4.75. The molecule has 2 aromatic rings. The molecule has 0 radical (unpaired) electrons. The molecule has 3 rings (SSSR count). The van der Waals surface area contributed by atoms with Crippen molar-refractivity contribution < 1.29 is 0 Å². The third kappa shape index (κ3) is 2.27. The van der Waals surface area contributed by atoms with Crippen molar-refractivity contribution in [2.45, 2.75) is 45.2 Å². The first-order valence-corrected chi connectivity index (χ1v) is 6.99. The van der Waals surface area contributed by atoms with Crippen LogP contribution < -0.4 is 5.32 Å². The van der Waals surface area contributed by atoms with Crippen molar-refractivity contribution in [2.24, 2.45) is 5.92 Å². The Morgan fingerprint density at radius 3 is 3.11 bits per heavy atom. The molecule has 3 nitrogen and oxygen atoms in total. The molecule has 2 aromatic heterocycles. The van der Waals surface area contributed by atoms with Crippen LogP contribution in [-0.2, 0) is 6.54 Å². The van der Waals surface area contributed by atoms with Crippen LogP contribution in [0.4, 0.5) is 0 Å². The van der Waals surface area contributed by atoms with Crippen LogP contribution in [0.2, 0.25) is 0 Å². The van der Waals surface area contributed by atoms with Crippen molar-refractivity contribution in [3.05, 3.63) is 30.1 Å². The molecule has 1 saturated carbocycles. The molecule has 0 unspecified atom stereocenters. The van der Waals surface area contributed by atoms with E-state index in [0.29, 0.717) is 6.04 Å². The van der Waals surface area contributed by atoms with Crippen LogP contribution in [0.3, 0.4) is 0 Å². The molecule has 0 amide bonds. The molecule has 96 valence electrons. The van der Waals surface area contributed by atoms with Gasteiger partial charge >= 0.3 is 0 Å². The average molecular weight is 243 g/mol. The molecule has 3 heteroatoms. The van der Waals surface area contributed by atoms with Crippen molar-refractivity contribution >= 4 is 11.0 Å². The second-order valence-electron chi connectivity index (χ2n) is 5.43. The number of nitrogens with one attached hydrogen (secondary N) is 2. The zero-order chi connectivity index (χ0) is 12.4. The number of hydrogen-bond donors (Lipinski definition) is 2. The van der Waals surface area contributed by atoms with Gasteiger partial charge in [0.15, 0.2) is 0 Å². The smallest absolute Gasteiger partial charge is 0.137 e. The standard InChI is InChI=1S/C15H21N3/c1-11(12-5-2-3-6-12)17-9-13-10-18-15-14(13)7-4-8-16-15/h4,7-8,10-12,17H,2-3,5-6,9H2,1H3,(H,16,18)/t11-/m0/s1. The number of H-pyrrole nitrogens is 1. The van der Waals surface area contributed by atoms with E-state index in [9.17, 15) is 0 Å². The number of nitrogens with zero attached hydrogens (tertiary/aromatic N) is 1. The average Bonchev–Trinajstić information content (AvgIpc) is 3.06. The fourth-order valence-corrected chi connectivity index (χ4v) is 3.05. The van der Waals surface area contributed by atoms with Crippen molar-refractivity contribution in [1.82, 2.24) is 15.3 Å². The number of aromatic amines is 1. The zero-order valence-corrected chi connectivity index (χ0v) is 10.9. The summed E-state index contributed by atoms with van der Waals surface area (Å²) in [5, 5.41) is 4.91. The Labute approximate surface area is 108 Å². The van der Waals surface area contributed by atoms with Gasteiger partial charge in [0.05, 0.1) is 0 Å². The molecule has 1 aliphatic carbocycles. The fraction of sp³-hybridized carbons (Fsp3) is 0.533. The van der Waals surface area contributed by atoms with E-state index in [2.05, 4.69) is 34.5 Å². The maximum Gasteiger partial charge on any atom is 0.137 e. The SMILES string of the molecule is C[C@H](NCc1c[nH]c2ncccc12)C1CCCC1. The predicted octanol–water partition coefficient (Wildman–Crippen LogP) is 3.23. The van der Waals surface area contributed by atoms with Crippen LogP contribution in [0.15, 0.2) is 24.5 Å². The molecular formula is C15H21N3. The first kappa shape index (κ1) is 11.7. The second-order valence-corrected chi connectivity index (χ2v) is 5.43. The molecule has 1 aliphatic rings. The van der Waals surface area contributed by atoms with Crippen LogP contribution in [-0.4, -0.2) is 16.0 Å². The third-order valence-corrected chi connectivity index (χ3v) is 4.26. The minimum absolute atomic E-state index is 0.620. The van der Waals surface area contributed by atoms with E-state index in [4.69, 9.17) is 0 Å². The van der Waals surface area contributed by atoms with Gasteiger partial charge in [0.2, 0.25) is 0 Å². The molecule has 0 saturated heterocycles. The molecule has 0 aliphatic heterocycles. The molecule has 1 fully saturated rings. The maximum absolute atomic E-state index is 4.32. The predicted molar refractivity (Wildman–Crippen MR) is 74.4 cm³/mol.